The highest BCUT2D eigenvalue weighted by atomic mass is 28.2. The normalized spacial score (nSPS) is 13.9. The zero-order valence-corrected chi connectivity index (χ0v) is 9.95. The lowest BCUT2D eigenvalue weighted by molar-refractivity contribution is 0.0246. The van der Waals surface area contributed by atoms with Crippen molar-refractivity contribution in [2.24, 2.45) is 0 Å². The third-order valence-corrected chi connectivity index (χ3v) is 2.80. The topological polar surface area (TPSA) is 9.23 Å². The Kier molecular flexibility index (Phi) is 3.93. The average Bonchev–Trinajstić information content (AvgIpc) is 2.30. The van der Waals surface area contributed by atoms with Gasteiger partial charge in [0.15, 0.2) is 29.4 Å². The van der Waals surface area contributed by atoms with Crippen LogP contribution in [-0.4, -0.2) is 16.1 Å². The summed E-state index contributed by atoms with van der Waals surface area (Å²) >= 11 is 0. The Balaban J connectivity index is 3.33. The molecule has 3 radical (unpaired) electrons. The van der Waals surface area contributed by atoms with Crippen LogP contribution in [0.3, 0.4) is 0 Å². The van der Waals surface area contributed by atoms with Gasteiger partial charge in [0.2, 0.25) is 10.5 Å². The van der Waals surface area contributed by atoms with E-state index in [0.717, 1.165) is 0 Å². The minimum absolute atomic E-state index is 0.269. The van der Waals surface area contributed by atoms with E-state index in [1.54, 1.807) is 0 Å². The highest BCUT2D eigenvalue weighted by Gasteiger charge is 2.35. The van der Waals surface area contributed by atoms with Gasteiger partial charge < -0.3 is 4.43 Å². The quantitative estimate of drug-likeness (QED) is 0.354. The summed E-state index contributed by atoms with van der Waals surface area (Å²) in [4.78, 5) is 0. The molecular weight excluding hydrogens is 259 g/mol. The molecular formula is C10H8F5OSi. The maximum Gasteiger partial charge on any atom is 0.247 e. The molecule has 1 aromatic rings. The van der Waals surface area contributed by atoms with Gasteiger partial charge in [0, 0.05) is 5.56 Å². The zero-order valence-electron chi connectivity index (χ0n) is 8.95. The van der Waals surface area contributed by atoms with Crippen molar-refractivity contribution in [1.82, 2.24) is 0 Å². The van der Waals surface area contributed by atoms with Gasteiger partial charge in [0.05, 0.1) is 5.60 Å². The molecule has 0 bridgehead atoms. The van der Waals surface area contributed by atoms with E-state index in [-0.39, 0.29) is 6.07 Å². The van der Waals surface area contributed by atoms with Crippen LogP contribution in [0.4, 0.5) is 22.0 Å². The lowest BCUT2D eigenvalue weighted by Gasteiger charge is -2.28. The van der Waals surface area contributed by atoms with Crippen molar-refractivity contribution in [2.75, 3.05) is 0 Å². The van der Waals surface area contributed by atoms with E-state index in [2.05, 4.69) is 14.9 Å². The van der Waals surface area contributed by atoms with Crippen molar-refractivity contribution in [1.29, 1.82) is 0 Å². The number of benzene rings is 1. The Labute approximate surface area is 98.1 Å². The van der Waals surface area contributed by atoms with Gasteiger partial charge in [-0.1, -0.05) is 0 Å². The summed E-state index contributed by atoms with van der Waals surface area (Å²) in [5.74, 6) is -7.46. The SMILES string of the molecule is CC(C)(O[Si])C(F)c1cc(F)c(F)c(F)c1F. The van der Waals surface area contributed by atoms with Gasteiger partial charge >= 0.3 is 0 Å². The van der Waals surface area contributed by atoms with Gasteiger partial charge in [-0.15, -0.1) is 0 Å². The largest absolute Gasteiger partial charge is 0.410 e. The molecule has 0 aliphatic carbocycles. The summed E-state index contributed by atoms with van der Waals surface area (Å²) in [6, 6.07) is 0.269. The minimum atomic E-state index is -2.18. The Morgan fingerprint density at radius 2 is 1.65 bits per heavy atom. The van der Waals surface area contributed by atoms with E-state index in [0.29, 0.717) is 0 Å². The predicted octanol–water partition coefficient (Wildman–Crippen LogP) is 3.13. The Morgan fingerprint density at radius 3 is 2.12 bits per heavy atom. The summed E-state index contributed by atoms with van der Waals surface area (Å²) < 4.78 is 70.1. The van der Waals surface area contributed by atoms with Crippen molar-refractivity contribution in [3.8, 4) is 0 Å². The highest BCUT2D eigenvalue weighted by Crippen LogP contribution is 2.35. The molecule has 0 aliphatic rings. The maximum atomic E-state index is 13.8. The van der Waals surface area contributed by atoms with Gasteiger partial charge in [0.1, 0.15) is 0 Å². The van der Waals surface area contributed by atoms with Crippen molar-refractivity contribution < 1.29 is 26.4 Å². The third kappa shape index (κ3) is 2.49. The van der Waals surface area contributed by atoms with Crippen molar-refractivity contribution >= 4 is 10.5 Å². The first-order chi connectivity index (χ1) is 7.72. The fourth-order valence-electron chi connectivity index (χ4n) is 1.20. The number of hydrogen-bond donors (Lipinski definition) is 0. The van der Waals surface area contributed by atoms with Crippen LogP contribution in [0, 0.1) is 23.3 Å². The Morgan fingerprint density at radius 1 is 1.12 bits per heavy atom. The maximum absolute atomic E-state index is 13.8. The second-order valence-electron chi connectivity index (χ2n) is 3.96. The first-order valence-electron chi connectivity index (χ1n) is 4.54. The van der Waals surface area contributed by atoms with Gasteiger partial charge in [-0.05, 0) is 19.9 Å². The first-order valence-corrected chi connectivity index (χ1v) is 4.95. The summed E-state index contributed by atoms with van der Waals surface area (Å²) in [7, 11) is 2.57. The molecule has 0 amide bonds. The minimum Gasteiger partial charge on any atom is -0.410 e. The fraction of sp³-hybridized carbons (Fsp3) is 0.400. The van der Waals surface area contributed by atoms with Crippen LogP contribution >= 0.6 is 0 Å². The van der Waals surface area contributed by atoms with Gasteiger partial charge in [-0.3, -0.25) is 0 Å². The third-order valence-electron chi connectivity index (χ3n) is 2.28. The second-order valence-corrected chi connectivity index (χ2v) is 4.16. The van der Waals surface area contributed by atoms with E-state index in [9.17, 15) is 22.0 Å². The smallest absolute Gasteiger partial charge is 0.247 e. The monoisotopic (exact) mass is 267 g/mol. The van der Waals surface area contributed by atoms with Crippen LogP contribution < -0.4 is 0 Å². The van der Waals surface area contributed by atoms with E-state index in [1.807, 2.05) is 0 Å². The van der Waals surface area contributed by atoms with Gasteiger partial charge in [-0.2, -0.15) is 0 Å². The Bertz CT molecular complexity index is 435. The highest BCUT2D eigenvalue weighted by molar-refractivity contribution is 5.98. The van der Waals surface area contributed by atoms with Crippen LogP contribution in [0.5, 0.6) is 0 Å². The molecule has 7 heteroatoms. The number of alkyl halides is 1. The van der Waals surface area contributed by atoms with E-state index < -0.39 is 40.6 Å². The van der Waals surface area contributed by atoms with Crippen LogP contribution in [-0.2, 0) is 4.43 Å². The van der Waals surface area contributed by atoms with Crippen LogP contribution in [0.2, 0.25) is 0 Å². The number of halogens is 5. The number of rotatable bonds is 3. The Hall–Kier alpha value is -0.953. The molecule has 0 heterocycles. The van der Waals surface area contributed by atoms with Crippen LogP contribution in [0.15, 0.2) is 6.07 Å². The van der Waals surface area contributed by atoms with Gasteiger partial charge in [-0.25, -0.2) is 22.0 Å². The van der Waals surface area contributed by atoms with Crippen molar-refractivity contribution in [3.05, 3.63) is 34.9 Å². The van der Waals surface area contributed by atoms with E-state index >= 15 is 0 Å². The van der Waals surface area contributed by atoms with Crippen LogP contribution in [0.25, 0.3) is 0 Å². The zero-order chi connectivity index (χ0) is 13.4. The molecule has 0 fully saturated rings. The molecule has 0 spiro atoms. The first kappa shape index (κ1) is 14.1. The molecule has 1 aromatic carbocycles. The van der Waals surface area contributed by atoms with Crippen molar-refractivity contribution in [3.63, 3.8) is 0 Å². The number of hydrogen-bond acceptors (Lipinski definition) is 1. The van der Waals surface area contributed by atoms with Crippen LogP contribution in [0.1, 0.15) is 25.6 Å². The average molecular weight is 267 g/mol. The molecule has 1 nitrogen and oxygen atoms in total. The fourth-order valence-corrected chi connectivity index (χ4v) is 1.31. The molecule has 0 aliphatic heterocycles. The lowest BCUT2D eigenvalue weighted by atomic mass is 9.95. The molecule has 1 rings (SSSR count). The summed E-state index contributed by atoms with van der Waals surface area (Å²) in [6.45, 7) is 2.45. The standard InChI is InChI=1S/C10H8F5OSi/c1-10(2,16-17)9(15)4-3-5(11)7(13)8(14)6(4)12/h3,9H,1-2H3. The van der Waals surface area contributed by atoms with Crippen molar-refractivity contribution in [2.45, 2.75) is 25.6 Å². The predicted molar refractivity (Wildman–Crippen MR) is 51.0 cm³/mol. The van der Waals surface area contributed by atoms with E-state index in [1.165, 1.54) is 13.8 Å². The van der Waals surface area contributed by atoms with Gasteiger partial charge in [0.25, 0.3) is 0 Å². The molecule has 0 aromatic heterocycles. The summed E-state index contributed by atoms with van der Waals surface area (Å²) in [5.41, 5.74) is -2.52. The molecule has 0 saturated carbocycles. The summed E-state index contributed by atoms with van der Waals surface area (Å²) in [5, 5.41) is 0. The lowest BCUT2D eigenvalue weighted by Crippen LogP contribution is -2.30. The molecule has 1 unspecified atom stereocenters. The summed E-state index contributed by atoms with van der Waals surface area (Å²) in [6.07, 6.45) is -2.18. The molecule has 93 valence electrons. The molecule has 0 N–H and O–H groups in total. The van der Waals surface area contributed by atoms with E-state index in [4.69, 9.17) is 0 Å². The molecule has 0 saturated heterocycles. The molecule has 1 atom stereocenters. The molecule has 17 heavy (non-hydrogen) atoms. The second kappa shape index (κ2) is 4.73.